The van der Waals surface area contributed by atoms with E-state index in [4.69, 9.17) is 4.52 Å². The fourth-order valence-corrected chi connectivity index (χ4v) is 2.76. The third kappa shape index (κ3) is 4.18. The van der Waals surface area contributed by atoms with Gasteiger partial charge < -0.3 is 9.84 Å². The van der Waals surface area contributed by atoms with Crippen LogP contribution in [0.3, 0.4) is 0 Å². The molecule has 1 fully saturated rings. The quantitative estimate of drug-likeness (QED) is 0.812. The van der Waals surface area contributed by atoms with Crippen molar-refractivity contribution in [2.75, 3.05) is 13.6 Å². The lowest BCUT2D eigenvalue weighted by Crippen LogP contribution is -2.24. The van der Waals surface area contributed by atoms with Gasteiger partial charge in [-0.2, -0.15) is 4.98 Å². The van der Waals surface area contributed by atoms with Gasteiger partial charge in [-0.05, 0) is 51.1 Å². The number of rotatable bonds is 8. The van der Waals surface area contributed by atoms with E-state index in [1.165, 1.54) is 18.4 Å². The van der Waals surface area contributed by atoms with Crippen LogP contribution >= 0.6 is 0 Å². The minimum Gasteiger partial charge on any atom is -0.334 e. The molecule has 0 radical (unpaired) electrons. The van der Waals surface area contributed by atoms with Crippen LogP contribution in [-0.2, 0) is 13.0 Å². The zero-order chi connectivity index (χ0) is 16.2. The van der Waals surface area contributed by atoms with E-state index in [2.05, 4.69) is 58.5 Å². The Balaban J connectivity index is 1.64. The van der Waals surface area contributed by atoms with Gasteiger partial charge in [-0.15, -0.1) is 0 Å². The normalized spacial score (nSPS) is 16.0. The molecule has 0 amide bonds. The summed E-state index contributed by atoms with van der Waals surface area (Å²) in [5, 5.41) is 7.24. The number of nitrogens with one attached hydrogen (secondary N) is 1. The molecule has 1 heterocycles. The van der Waals surface area contributed by atoms with Crippen molar-refractivity contribution in [3.63, 3.8) is 0 Å². The zero-order valence-corrected chi connectivity index (χ0v) is 14.2. The summed E-state index contributed by atoms with van der Waals surface area (Å²) in [6.07, 6.45) is 3.47. The number of aromatic nitrogens is 2. The molecule has 1 aromatic heterocycles. The number of nitrogens with zero attached hydrogens (tertiary/aromatic N) is 3. The molecule has 1 aliphatic carbocycles. The smallest absolute Gasteiger partial charge is 0.257 e. The second kappa shape index (κ2) is 7.23. The van der Waals surface area contributed by atoms with E-state index in [1.807, 2.05) is 7.05 Å². The molecular formula is C18H26N4O. The molecule has 0 aliphatic heterocycles. The van der Waals surface area contributed by atoms with E-state index >= 15 is 0 Å². The lowest BCUT2D eigenvalue weighted by molar-refractivity contribution is 0.269. The van der Waals surface area contributed by atoms with E-state index in [9.17, 15) is 0 Å². The largest absolute Gasteiger partial charge is 0.334 e. The van der Waals surface area contributed by atoms with E-state index in [-0.39, 0.29) is 0 Å². The van der Waals surface area contributed by atoms with Crippen LogP contribution in [0.15, 0.2) is 28.8 Å². The SMILES string of the molecule is CCN(Cc1ccc(-c2nc(CC(C)NC)no2)cc1)C1CC1. The van der Waals surface area contributed by atoms with Crippen LogP contribution in [0.2, 0.25) is 0 Å². The minimum absolute atomic E-state index is 0.338. The standard InChI is InChI=1S/C18H26N4O/c1-4-22(16-9-10-16)12-14-5-7-15(8-6-14)18-20-17(21-23-18)11-13(2)19-3/h5-8,13,16,19H,4,9-12H2,1-3H3. The fourth-order valence-electron chi connectivity index (χ4n) is 2.76. The molecule has 1 saturated carbocycles. The summed E-state index contributed by atoms with van der Waals surface area (Å²) in [4.78, 5) is 7.03. The van der Waals surface area contributed by atoms with Gasteiger partial charge >= 0.3 is 0 Å². The number of hydrogen-bond acceptors (Lipinski definition) is 5. The summed E-state index contributed by atoms with van der Waals surface area (Å²) < 4.78 is 5.39. The molecular weight excluding hydrogens is 288 g/mol. The summed E-state index contributed by atoms with van der Waals surface area (Å²) in [6, 6.07) is 9.63. The lowest BCUT2D eigenvalue weighted by Gasteiger charge is -2.19. The predicted octanol–water partition coefficient (Wildman–Crippen LogP) is 2.87. The van der Waals surface area contributed by atoms with Crippen LogP contribution in [0, 0.1) is 0 Å². The topological polar surface area (TPSA) is 54.2 Å². The van der Waals surface area contributed by atoms with Crippen molar-refractivity contribution in [3.05, 3.63) is 35.7 Å². The third-order valence-corrected chi connectivity index (χ3v) is 4.51. The van der Waals surface area contributed by atoms with Crippen molar-refractivity contribution in [2.45, 2.75) is 51.7 Å². The molecule has 1 atom stereocenters. The van der Waals surface area contributed by atoms with Gasteiger partial charge in [0.15, 0.2) is 5.82 Å². The Labute approximate surface area is 138 Å². The van der Waals surface area contributed by atoms with Gasteiger partial charge in [0.05, 0.1) is 0 Å². The first-order valence-corrected chi connectivity index (χ1v) is 8.52. The summed E-state index contributed by atoms with van der Waals surface area (Å²) >= 11 is 0. The Morgan fingerprint density at radius 3 is 2.65 bits per heavy atom. The van der Waals surface area contributed by atoms with Crippen LogP contribution in [0.1, 0.15) is 38.1 Å². The average Bonchev–Trinajstić information content (AvgIpc) is 3.32. The predicted molar refractivity (Wildman–Crippen MR) is 91.1 cm³/mol. The maximum absolute atomic E-state index is 5.39. The molecule has 5 nitrogen and oxygen atoms in total. The van der Waals surface area contributed by atoms with Crippen molar-refractivity contribution in [1.82, 2.24) is 20.4 Å². The van der Waals surface area contributed by atoms with Crippen molar-refractivity contribution in [2.24, 2.45) is 0 Å². The number of hydrogen-bond donors (Lipinski definition) is 1. The Kier molecular flexibility index (Phi) is 5.08. The summed E-state index contributed by atoms with van der Waals surface area (Å²) in [6.45, 7) is 6.47. The van der Waals surface area contributed by atoms with Crippen LogP contribution in [-0.4, -0.2) is 40.7 Å². The molecule has 23 heavy (non-hydrogen) atoms. The first-order chi connectivity index (χ1) is 11.2. The molecule has 3 rings (SSSR count). The molecule has 0 saturated heterocycles. The molecule has 5 heteroatoms. The Morgan fingerprint density at radius 2 is 2.04 bits per heavy atom. The summed E-state index contributed by atoms with van der Waals surface area (Å²) in [7, 11) is 1.94. The molecule has 0 bridgehead atoms. The second-order valence-corrected chi connectivity index (χ2v) is 6.40. The highest BCUT2D eigenvalue weighted by molar-refractivity contribution is 5.53. The number of benzene rings is 1. The van der Waals surface area contributed by atoms with Gasteiger partial charge in [0.1, 0.15) is 0 Å². The molecule has 1 aromatic carbocycles. The van der Waals surface area contributed by atoms with Crippen LogP contribution < -0.4 is 5.32 Å². The highest BCUT2D eigenvalue weighted by Gasteiger charge is 2.27. The van der Waals surface area contributed by atoms with E-state index in [0.29, 0.717) is 11.9 Å². The molecule has 1 aliphatic rings. The first kappa shape index (κ1) is 16.1. The van der Waals surface area contributed by atoms with E-state index in [1.54, 1.807) is 0 Å². The summed E-state index contributed by atoms with van der Waals surface area (Å²) in [5.41, 5.74) is 2.32. The van der Waals surface area contributed by atoms with Gasteiger partial charge in [0, 0.05) is 30.6 Å². The maximum Gasteiger partial charge on any atom is 0.257 e. The van der Waals surface area contributed by atoms with Gasteiger partial charge in [-0.1, -0.05) is 24.2 Å². The maximum atomic E-state index is 5.39. The van der Waals surface area contributed by atoms with Crippen molar-refractivity contribution < 1.29 is 4.52 Å². The molecule has 1 N–H and O–H groups in total. The van der Waals surface area contributed by atoms with Crippen LogP contribution in [0.25, 0.3) is 11.5 Å². The minimum atomic E-state index is 0.338. The zero-order valence-electron chi connectivity index (χ0n) is 14.2. The molecule has 2 aromatic rings. The Morgan fingerprint density at radius 1 is 1.30 bits per heavy atom. The van der Waals surface area contributed by atoms with Crippen molar-refractivity contribution in [1.29, 1.82) is 0 Å². The van der Waals surface area contributed by atoms with Gasteiger partial charge in [-0.25, -0.2) is 0 Å². The van der Waals surface area contributed by atoms with E-state index < -0.39 is 0 Å². The van der Waals surface area contributed by atoms with Gasteiger partial charge in [0.25, 0.3) is 5.89 Å². The fraction of sp³-hybridized carbons (Fsp3) is 0.556. The highest BCUT2D eigenvalue weighted by atomic mass is 16.5. The Hall–Kier alpha value is -1.72. The summed E-state index contributed by atoms with van der Waals surface area (Å²) in [5.74, 6) is 1.35. The van der Waals surface area contributed by atoms with Crippen LogP contribution in [0.5, 0.6) is 0 Å². The lowest BCUT2D eigenvalue weighted by atomic mass is 10.1. The van der Waals surface area contributed by atoms with Gasteiger partial charge in [0.2, 0.25) is 0 Å². The monoisotopic (exact) mass is 314 g/mol. The highest BCUT2D eigenvalue weighted by Crippen LogP contribution is 2.28. The number of likely N-dealkylation sites (N-methyl/N-ethyl adjacent to an activating group) is 1. The third-order valence-electron chi connectivity index (χ3n) is 4.51. The molecule has 1 unspecified atom stereocenters. The Bertz CT molecular complexity index is 618. The second-order valence-electron chi connectivity index (χ2n) is 6.40. The van der Waals surface area contributed by atoms with Gasteiger partial charge in [-0.3, -0.25) is 4.90 Å². The van der Waals surface area contributed by atoms with Crippen molar-refractivity contribution in [3.8, 4) is 11.5 Å². The first-order valence-electron chi connectivity index (χ1n) is 8.52. The van der Waals surface area contributed by atoms with Crippen LogP contribution in [0.4, 0.5) is 0 Å². The molecule has 124 valence electrons. The molecule has 0 spiro atoms. The average molecular weight is 314 g/mol. The van der Waals surface area contributed by atoms with Crippen molar-refractivity contribution >= 4 is 0 Å². The van der Waals surface area contributed by atoms with E-state index in [0.717, 1.165) is 36.9 Å².